The van der Waals surface area contributed by atoms with Gasteiger partial charge in [0.05, 0.1) is 24.2 Å². The Kier molecular flexibility index (Phi) is 11.5. The number of alkyl halides is 3. The molecule has 0 saturated heterocycles. The van der Waals surface area contributed by atoms with E-state index in [1.807, 2.05) is 0 Å². The molecule has 0 aliphatic heterocycles. The standard InChI is InChI=1S/C26H28F3N3O7/c1-16(2)24(34)37-15-38-25(35)30-14-22(33)23(32-36-4)21-11-6-5-8-19(21)13-31-39-17(3)18-9-7-10-20(12-18)26(27,28)29/h5-13,16-17H,14-15H2,1-4H3,(H,30,35). The first-order chi connectivity index (χ1) is 18.4. The fraction of sp³-hybridized carbons (Fsp3) is 0.346. The highest BCUT2D eigenvalue weighted by molar-refractivity contribution is 6.47. The summed E-state index contributed by atoms with van der Waals surface area (Å²) in [6, 6.07) is 11.1. The molecule has 0 spiro atoms. The fourth-order valence-electron chi connectivity index (χ4n) is 2.97. The van der Waals surface area contributed by atoms with Gasteiger partial charge in [0.2, 0.25) is 12.6 Å². The van der Waals surface area contributed by atoms with Gasteiger partial charge in [-0.15, -0.1) is 0 Å². The minimum absolute atomic E-state index is 0.156. The van der Waals surface area contributed by atoms with E-state index in [0.29, 0.717) is 5.56 Å². The molecular weight excluding hydrogens is 523 g/mol. The Morgan fingerprint density at radius 3 is 2.41 bits per heavy atom. The van der Waals surface area contributed by atoms with Crippen LogP contribution in [0.4, 0.5) is 18.0 Å². The number of nitrogens with one attached hydrogen (secondary N) is 1. The van der Waals surface area contributed by atoms with E-state index in [4.69, 9.17) is 19.1 Å². The van der Waals surface area contributed by atoms with Crippen LogP contribution < -0.4 is 5.32 Å². The number of hydrogen-bond donors (Lipinski definition) is 1. The van der Waals surface area contributed by atoms with Gasteiger partial charge in [-0.2, -0.15) is 13.2 Å². The van der Waals surface area contributed by atoms with Gasteiger partial charge < -0.3 is 24.5 Å². The molecule has 0 saturated carbocycles. The first-order valence-electron chi connectivity index (χ1n) is 11.6. The van der Waals surface area contributed by atoms with Crippen molar-refractivity contribution in [3.63, 3.8) is 0 Å². The zero-order valence-corrected chi connectivity index (χ0v) is 21.7. The summed E-state index contributed by atoms with van der Waals surface area (Å²) in [6.45, 7) is 3.63. The van der Waals surface area contributed by atoms with Crippen molar-refractivity contribution >= 4 is 29.8 Å². The molecule has 0 aromatic heterocycles. The smallest absolute Gasteiger partial charge is 0.416 e. The Morgan fingerprint density at radius 1 is 1.03 bits per heavy atom. The molecule has 2 rings (SSSR count). The maximum Gasteiger partial charge on any atom is 0.416 e. The van der Waals surface area contributed by atoms with Gasteiger partial charge >= 0.3 is 18.2 Å². The third-order valence-corrected chi connectivity index (χ3v) is 5.01. The molecule has 0 heterocycles. The number of rotatable bonds is 12. The molecule has 1 amide bonds. The summed E-state index contributed by atoms with van der Waals surface area (Å²) in [5.41, 5.74) is -0.0377. The number of ether oxygens (including phenoxy) is 2. The van der Waals surface area contributed by atoms with Crippen LogP contribution in [0.25, 0.3) is 0 Å². The van der Waals surface area contributed by atoms with Gasteiger partial charge in [-0.25, -0.2) is 4.79 Å². The molecular formula is C26H28F3N3O7. The zero-order chi connectivity index (χ0) is 29.0. The number of halogens is 3. The lowest BCUT2D eigenvalue weighted by Gasteiger charge is -2.13. The second kappa shape index (κ2) is 14.5. The summed E-state index contributed by atoms with van der Waals surface area (Å²) in [7, 11) is 1.23. The number of esters is 1. The van der Waals surface area contributed by atoms with Crippen LogP contribution in [0.3, 0.4) is 0 Å². The van der Waals surface area contributed by atoms with Gasteiger partial charge in [0.1, 0.15) is 13.2 Å². The molecule has 13 heteroatoms. The molecule has 210 valence electrons. The number of carbonyl (C=O) groups is 3. The minimum Gasteiger partial charge on any atom is -0.428 e. The van der Waals surface area contributed by atoms with E-state index in [0.717, 1.165) is 12.1 Å². The third kappa shape index (κ3) is 9.76. The second-order valence-corrected chi connectivity index (χ2v) is 8.26. The Labute approximate surface area is 222 Å². The quantitative estimate of drug-likeness (QED) is 0.177. The molecule has 1 unspecified atom stereocenters. The molecule has 1 N–H and O–H groups in total. The summed E-state index contributed by atoms with van der Waals surface area (Å²) in [4.78, 5) is 46.2. The van der Waals surface area contributed by atoms with Crippen LogP contribution in [-0.4, -0.2) is 50.2 Å². The molecule has 0 bridgehead atoms. The van der Waals surface area contributed by atoms with Crippen LogP contribution in [0.15, 0.2) is 58.8 Å². The Bertz CT molecular complexity index is 1210. The summed E-state index contributed by atoms with van der Waals surface area (Å²) >= 11 is 0. The van der Waals surface area contributed by atoms with Gasteiger partial charge in [0.15, 0.2) is 5.71 Å². The molecule has 0 radical (unpaired) electrons. The maximum atomic E-state index is 13.0. The van der Waals surface area contributed by atoms with Gasteiger partial charge in [-0.3, -0.25) is 9.59 Å². The zero-order valence-electron chi connectivity index (χ0n) is 21.7. The first kappa shape index (κ1) is 30.8. The van der Waals surface area contributed by atoms with Crippen LogP contribution in [0, 0.1) is 5.92 Å². The van der Waals surface area contributed by atoms with Crippen molar-refractivity contribution in [1.29, 1.82) is 0 Å². The van der Waals surface area contributed by atoms with Crippen molar-refractivity contribution in [2.45, 2.75) is 33.1 Å². The summed E-state index contributed by atoms with van der Waals surface area (Å²) in [6.07, 6.45) is -5.03. The first-order valence-corrected chi connectivity index (χ1v) is 11.6. The number of amides is 1. The molecule has 39 heavy (non-hydrogen) atoms. The second-order valence-electron chi connectivity index (χ2n) is 8.26. The fourth-order valence-corrected chi connectivity index (χ4v) is 2.97. The molecule has 2 aromatic rings. The van der Waals surface area contributed by atoms with Crippen LogP contribution in [0.5, 0.6) is 0 Å². The number of benzene rings is 2. The monoisotopic (exact) mass is 551 g/mol. The molecule has 10 nitrogen and oxygen atoms in total. The number of hydrogen-bond acceptors (Lipinski definition) is 9. The Hall–Kier alpha value is -4.42. The summed E-state index contributed by atoms with van der Waals surface area (Å²) in [5.74, 6) is -1.60. The summed E-state index contributed by atoms with van der Waals surface area (Å²) < 4.78 is 48.4. The number of ketones is 1. The van der Waals surface area contributed by atoms with Gasteiger partial charge in [0, 0.05) is 11.1 Å². The predicted octanol–water partition coefficient (Wildman–Crippen LogP) is 4.62. The minimum atomic E-state index is -4.49. The lowest BCUT2D eigenvalue weighted by Crippen LogP contribution is -2.35. The Morgan fingerprint density at radius 2 is 1.74 bits per heavy atom. The average Bonchev–Trinajstić information content (AvgIpc) is 2.90. The van der Waals surface area contributed by atoms with Crippen molar-refractivity contribution in [1.82, 2.24) is 5.32 Å². The number of nitrogens with zero attached hydrogens (tertiary/aromatic N) is 2. The number of Topliss-reactive ketones (excluding diaryl/α,β-unsaturated/α-hetero) is 1. The third-order valence-electron chi connectivity index (χ3n) is 5.01. The van der Waals surface area contributed by atoms with Crippen LogP contribution in [-0.2, 0) is 34.9 Å². The number of oxime groups is 2. The molecule has 0 aliphatic carbocycles. The van der Waals surface area contributed by atoms with Crippen molar-refractivity contribution in [2.75, 3.05) is 20.4 Å². The van der Waals surface area contributed by atoms with E-state index in [9.17, 15) is 27.6 Å². The predicted molar refractivity (Wildman–Crippen MR) is 134 cm³/mol. The van der Waals surface area contributed by atoms with E-state index >= 15 is 0 Å². The molecule has 2 aromatic carbocycles. The van der Waals surface area contributed by atoms with Crippen LogP contribution in [0.2, 0.25) is 0 Å². The number of alkyl carbamates (subject to hydrolysis) is 1. The highest BCUT2D eigenvalue weighted by Crippen LogP contribution is 2.31. The van der Waals surface area contributed by atoms with Gasteiger partial charge in [-0.05, 0) is 24.6 Å². The van der Waals surface area contributed by atoms with Gasteiger partial charge in [0.25, 0.3) is 0 Å². The van der Waals surface area contributed by atoms with Crippen molar-refractivity contribution < 1.29 is 46.7 Å². The van der Waals surface area contributed by atoms with Gasteiger partial charge in [-0.1, -0.05) is 60.6 Å². The Balaban J connectivity index is 2.07. The average molecular weight is 552 g/mol. The topological polar surface area (TPSA) is 125 Å². The summed E-state index contributed by atoms with van der Waals surface area (Å²) in [5, 5.41) is 9.85. The SMILES string of the molecule is CON=C(C(=O)CNC(=O)OCOC(=O)C(C)C)c1ccccc1C=NOC(C)c1cccc(C(F)(F)F)c1. The lowest BCUT2D eigenvalue weighted by molar-refractivity contribution is -0.155. The molecule has 0 aliphatic rings. The maximum absolute atomic E-state index is 13.0. The van der Waals surface area contributed by atoms with E-state index in [1.54, 1.807) is 38.1 Å². The van der Waals surface area contributed by atoms with E-state index < -0.39 is 54.9 Å². The van der Waals surface area contributed by atoms with E-state index in [1.165, 1.54) is 32.4 Å². The van der Waals surface area contributed by atoms with Crippen molar-refractivity contribution in [3.05, 3.63) is 70.8 Å². The van der Waals surface area contributed by atoms with Crippen molar-refractivity contribution in [2.24, 2.45) is 16.2 Å². The molecule has 1 atom stereocenters. The largest absolute Gasteiger partial charge is 0.428 e. The van der Waals surface area contributed by atoms with E-state index in [-0.39, 0.29) is 16.8 Å². The van der Waals surface area contributed by atoms with E-state index in [2.05, 4.69) is 15.6 Å². The van der Waals surface area contributed by atoms with Crippen molar-refractivity contribution in [3.8, 4) is 0 Å². The molecule has 0 fully saturated rings. The van der Waals surface area contributed by atoms with Crippen LogP contribution in [0.1, 0.15) is 49.1 Å². The highest BCUT2D eigenvalue weighted by atomic mass is 19.4. The lowest BCUT2D eigenvalue weighted by atomic mass is 10.0. The normalized spacial score (nSPS) is 12.7. The highest BCUT2D eigenvalue weighted by Gasteiger charge is 2.30. The van der Waals surface area contributed by atoms with Crippen LogP contribution >= 0.6 is 0 Å². The number of carbonyl (C=O) groups excluding carboxylic acids is 3.